The molecule has 4 nitrogen and oxygen atoms in total. The Morgan fingerprint density at radius 2 is 2.31 bits per heavy atom. The van der Waals surface area contributed by atoms with Crippen LogP contribution in [0.25, 0.3) is 0 Å². The van der Waals surface area contributed by atoms with Gasteiger partial charge in [-0.05, 0) is 0 Å². The highest BCUT2D eigenvalue weighted by Crippen LogP contribution is 2.26. The number of ether oxygens (including phenoxy) is 3. The molecular formula is C9H14O4. The van der Waals surface area contributed by atoms with Crippen LogP contribution in [0.3, 0.4) is 0 Å². The highest BCUT2D eigenvalue weighted by Gasteiger charge is 2.30. The minimum absolute atomic E-state index is 0.0379. The molecule has 13 heavy (non-hydrogen) atoms. The topological polar surface area (TPSA) is 44.8 Å². The summed E-state index contributed by atoms with van der Waals surface area (Å²) in [7, 11) is 2.97. The molecule has 0 spiro atoms. The molecule has 74 valence electrons. The van der Waals surface area contributed by atoms with Gasteiger partial charge in [-0.3, -0.25) is 0 Å². The van der Waals surface area contributed by atoms with E-state index in [0.717, 1.165) is 0 Å². The van der Waals surface area contributed by atoms with Crippen LogP contribution in [-0.2, 0) is 19.0 Å². The van der Waals surface area contributed by atoms with Gasteiger partial charge < -0.3 is 14.2 Å². The van der Waals surface area contributed by atoms with Crippen LogP contribution in [-0.4, -0.2) is 32.9 Å². The molecule has 2 atom stereocenters. The van der Waals surface area contributed by atoms with Crippen LogP contribution < -0.4 is 0 Å². The van der Waals surface area contributed by atoms with E-state index in [1.165, 1.54) is 13.2 Å². The minimum Gasteiger partial charge on any atom is -0.495 e. The third kappa shape index (κ3) is 2.21. The summed E-state index contributed by atoms with van der Waals surface area (Å²) in [6, 6.07) is 0. The number of hydrogen-bond donors (Lipinski definition) is 0. The first-order valence-corrected chi connectivity index (χ1v) is 4.14. The number of rotatable bonds is 2. The first kappa shape index (κ1) is 10.1. The molecule has 1 aliphatic heterocycles. The molecule has 0 N–H and O–H groups in total. The highest BCUT2D eigenvalue weighted by atomic mass is 16.5. The maximum Gasteiger partial charge on any atom is 0.333 e. The summed E-state index contributed by atoms with van der Waals surface area (Å²) >= 11 is 0. The molecule has 0 aromatic heterocycles. The van der Waals surface area contributed by atoms with Crippen LogP contribution in [0.4, 0.5) is 0 Å². The van der Waals surface area contributed by atoms with Gasteiger partial charge in [-0.15, -0.1) is 0 Å². The molecule has 0 saturated carbocycles. The molecular weight excluding hydrogens is 172 g/mol. The number of carbonyl (C=O) groups excluding carboxylic acids is 1. The Morgan fingerprint density at radius 3 is 2.77 bits per heavy atom. The number of methoxy groups -OCH3 is 2. The van der Waals surface area contributed by atoms with E-state index in [1.807, 2.05) is 6.92 Å². The Morgan fingerprint density at radius 1 is 1.62 bits per heavy atom. The van der Waals surface area contributed by atoms with Gasteiger partial charge in [-0.1, -0.05) is 6.92 Å². The van der Waals surface area contributed by atoms with Crippen LogP contribution in [0.2, 0.25) is 0 Å². The quantitative estimate of drug-likeness (QED) is 0.471. The normalized spacial score (nSPS) is 30.2. The Balaban J connectivity index is 2.63. The van der Waals surface area contributed by atoms with E-state index >= 15 is 0 Å². The zero-order chi connectivity index (χ0) is 9.84. The van der Waals surface area contributed by atoms with Gasteiger partial charge in [0.1, 0.15) is 18.5 Å². The SMILES string of the molecule is COC(=O)/C=C1\OC[C@H](OC)[C@H]1C. The fourth-order valence-electron chi connectivity index (χ4n) is 1.26. The van der Waals surface area contributed by atoms with E-state index in [0.29, 0.717) is 12.4 Å². The van der Waals surface area contributed by atoms with Crippen LogP contribution in [0, 0.1) is 5.92 Å². The summed E-state index contributed by atoms with van der Waals surface area (Å²) in [5.74, 6) is 0.362. The van der Waals surface area contributed by atoms with Crippen LogP contribution in [0.1, 0.15) is 6.92 Å². The van der Waals surface area contributed by atoms with E-state index in [1.54, 1.807) is 7.11 Å². The second kappa shape index (κ2) is 4.28. The monoisotopic (exact) mass is 186 g/mol. The van der Waals surface area contributed by atoms with E-state index in [-0.39, 0.29) is 12.0 Å². The van der Waals surface area contributed by atoms with E-state index in [4.69, 9.17) is 9.47 Å². The standard InChI is InChI=1S/C9H14O4/c1-6-7(4-9(10)12-3)13-5-8(6)11-2/h4,6,8H,5H2,1-3H3/b7-4-/t6-,8-/m0/s1. The summed E-state index contributed by atoms with van der Waals surface area (Å²) < 4.78 is 14.9. The minimum atomic E-state index is -0.390. The van der Waals surface area contributed by atoms with Crippen LogP contribution in [0.15, 0.2) is 11.8 Å². The van der Waals surface area contributed by atoms with Crippen molar-refractivity contribution in [1.29, 1.82) is 0 Å². The zero-order valence-corrected chi connectivity index (χ0v) is 8.07. The van der Waals surface area contributed by atoms with Crippen molar-refractivity contribution in [2.45, 2.75) is 13.0 Å². The van der Waals surface area contributed by atoms with Crippen molar-refractivity contribution in [1.82, 2.24) is 0 Å². The van der Waals surface area contributed by atoms with Crippen LogP contribution in [0.5, 0.6) is 0 Å². The highest BCUT2D eigenvalue weighted by molar-refractivity contribution is 5.82. The van der Waals surface area contributed by atoms with Crippen molar-refractivity contribution in [2.24, 2.45) is 5.92 Å². The van der Waals surface area contributed by atoms with Gasteiger partial charge in [-0.25, -0.2) is 4.79 Å². The number of hydrogen-bond acceptors (Lipinski definition) is 4. The first-order valence-electron chi connectivity index (χ1n) is 4.14. The summed E-state index contributed by atoms with van der Waals surface area (Å²) in [5, 5.41) is 0. The van der Waals surface area contributed by atoms with Crippen molar-refractivity contribution < 1.29 is 19.0 Å². The predicted octanol–water partition coefficient (Wildman–Crippen LogP) is 0.725. The first-order chi connectivity index (χ1) is 6.19. The van der Waals surface area contributed by atoms with Gasteiger partial charge in [0.15, 0.2) is 0 Å². The second-order valence-electron chi connectivity index (χ2n) is 2.94. The van der Waals surface area contributed by atoms with E-state index in [2.05, 4.69) is 4.74 Å². The van der Waals surface area contributed by atoms with Gasteiger partial charge >= 0.3 is 5.97 Å². The molecule has 0 aromatic rings. The molecule has 0 aromatic carbocycles. The number of esters is 1. The Kier molecular flexibility index (Phi) is 3.31. The van der Waals surface area contributed by atoms with Gasteiger partial charge in [0.2, 0.25) is 0 Å². The Bertz CT molecular complexity index is 222. The lowest BCUT2D eigenvalue weighted by Gasteiger charge is -2.08. The smallest absolute Gasteiger partial charge is 0.333 e. The zero-order valence-electron chi connectivity index (χ0n) is 8.07. The number of carbonyl (C=O) groups is 1. The molecule has 0 bridgehead atoms. The second-order valence-corrected chi connectivity index (χ2v) is 2.94. The molecule has 1 heterocycles. The molecule has 1 fully saturated rings. The van der Waals surface area contributed by atoms with Gasteiger partial charge in [0, 0.05) is 13.0 Å². The molecule has 1 rings (SSSR count). The van der Waals surface area contributed by atoms with Gasteiger partial charge in [0.25, 0.3) is 0 Å². The van der Waals surface area contributed by atoms with E-state index in [9.17, 15) is 4.79 Å². The Labute approximate surface area is 77.5 Å². The molecule has 1 aliphatic rings. The average molecular weight is 186 g/mol. The van der Waals surface area contributed by atoms with Crippen molar-refractivity contribution in [3.05, 3.63) is 11.8 Å². The lowest BCUT2D eigenvalue weighted by atomic mass is 10.1. The van der Waals surface area contributed by atoms with Crippen molar-refractivity contribution in [3.63, 3.8) is 0 Å². The average Bonchev–Trinajstić information content (AvgIpc) is 2.48. The van der Waals surface area contributed by atoms with Crippen molar-refractivity contribution in [2.75, 3.05) is 20.8 Å². The summed E-state index contributed by atoms with van der Waals surface area (Å²) in [5.41, 5.74) is 0. The molecule has 0 amide bonds. The fraction of sp³-hybridized carbons (Fsp3) is 0.667. The Hall–Kier alpha value is -1.03. The van der Waals surface area contributed by atoms with Crippen molar-refractivity contribution >= 4 is 5.97 Å². The molecule has 0 aliphatic carbocycles. The van der Waals surface area contributed by atoms with Gasteiger partial charge in [-0.2, -0.15) is 0 Å². The van der Waals surface area contributed by atoms with Gasteiger partial charge in [0.05, 0.1) is 13.2 Å². The lowest BCUT2D eigenvalue weighted by Crippen LogP contribution is -2.17. The van der Waals surface area contributed by atoms with Crippen LogP contribution >= 0.6 is 0 Å². The summed E-state index contributed by atoms with van der Waals surface area (Å²) in [6.07, 6.45) is 1.40. The summed E-state index contributed by atoms with van der Waals surface area (Å²) in [4.78, 5) is 10.9. The third-order valence-corrected chi connectivity index (χ3v) is 2.18. The van der Waals surface area contributed by atoms with E-state index < -0.39 is 5.97 Å². The summed E-state index contributed by atoms with van der Waals surface area (Å²) in [6.45, 7) is 2.45. The largest absolute Gasteiger partial charge is 0.495 e. The molecule has 1 saturated heterocycles. The lowest BCUT2D eigenvalue weighted by molar-refractivity contribution is -0.135. The fourth-order valence-corrected chi connectivity index (χ4v) is 1.26. The third-order valence-electron chi connectivity index (χ3n) is 2.18. The predicted molar refractivity (Wildman–Crippen MR) is 46.0 cm³/mol. The maximum absolute atomic E-state index is 10.9. The molecule has 0 radical (unpaired) electrons. The molecule has 0 unspecified atom stereocenters. The van der Waals surface area contributed by atoms with Crippen molar-refractivity contribution in [3.8, 4) is 0 Å². The molecule has 4 heteroatoms. The maximum atomic E-state index is 10.9.